The molecule has 0 N–H and O–H groups in total. The number of thiazole rings is 1. The Balaban J connectivity index is 1.48. The Bertz CT molecular complexity index is 1190. The number of hydrogen-bond acceptors (Lipinski definition) is 5. The fourth-order valence-electron chi connectivity index (χ4n) is 3.61. The summed E-state index contributed by atoms with van der Waals surface area (Å²) in [5, 5.41) is 2.14. The first-order valence-electron chi connectivity index (χ1n) is 9.41. The van der Waals surface area contributed by atoms with Crippen molar-refractivity contribution in [3.8, 4) is 11.3 Å². The number of piperidine rings is 1. The Kier molecular flexibility index (Phi) is 5.83. The monoisotopic (exact) mass is 468 g/mol. The zero-order valence-corrected chi connectivity index (χ0v) is 18.5. The van der Waals surface area contributed by atoms with Crippen LogP contribution in [-0.4, -0.2) is 31.7 Å². The van der Waals surface area contributed by atoms with Crippen LogP contribution in [-0.2, 0) is 9.84 Å². The molecule has 1 saturated heterocycles. The van der Waals surface area contributed by atoms with Crippen LogP contribution in [0.15, 0.2) is 46.7 Å². The summed E-state index contributed by atoms with van der Waals surface area (Å²) in [4.78, 5) is 6.73. The predicted molar refractivity (Wildman–Crippen MR) is 116 cm³/mol. The van der Waals surface area contributed by atoms with E-state index in [0.717, 1.165) is 16.8 Å². The largest absolute Gasteiger partial charge is 0.348 e. The SMILES string of the molecule is Cc1ccc(F)cc1S(=O)(=O)C1CCN(c2nc(-c3ccc(F)c(Cl)c3)cs2)CC1. The highest BCUT2D eigenvalue weighted by molar-refractivity contribution is 7.92. The molecule has 0 spiro atoms. The minimum absolute atomic E-state index is 0.0423. The Morgan fingerprint density at radius 3 is 2.57 bits per heavy atom. The Labute approximate surface area is 183 Å². The quantitative estimate of drug-likeness (QED) is 0.507. The van der Waals surface area contributed by atoms with Crippen LogP contribution in [0, 0.1) is 18.6 Å². The third-order valence-electron chi connectivity index (χ3n) is 5.32. The van der Waals surface area contributed by atoms with Crippen LogP contribution in [0.5, 0.6) is 0 Å². The summed E-state index contributed by atoms with van der Waals surface area (Å²) in [6.07, 6.45) is 0.880. The minimum Gasteiger partial charge on any atom is -0.348 e. The first-order chi connectivity index (χ1) is 14.3. The van der Waals surface area contributed by atoms with Gasteiger partial charge in [0.25, 0.3) is 0 Å². The first kappa shape index (κ1) is 21.2. The lowest BCUT2D eigenvalue weighted by molar-refractivity contribution is 0.528. The molecule has 4 nitrogen and oxygen atoms in total. The number of halogens is 3. The Morgan fingerprint density at radius 2 is 1.87 bits per heavy atom. The van der Waals surface area contributed by atoms with Gasteiger partial charge in [-0.05, 0) is 55.7 Å². The van der Waals surface area contributed by atoms with E-state index in [4.69, 9.17) is 11.6 Å². The highest BCUT2D eigenvalue weighted by atomic mass is 35.5. The molecule has 2 heterocycles. The van der Waals surface area contributed by atoms with Crippen LogP contribution in [0.4, 0.5) is 13.9 Å². The average molecular weight is 469 g/mol. The lowest BCUT2D eigenvalue weighted by Crippen LogP contribution is -2.39. The van der Waals surface area contributed by atoms with Crippen LogP contribution in [0.2, 0.25) is 5.02 Å². The zero-order chi connectivity index (χ0) is 21.5. The van der Waals surface area contributed by atoms with E-state index >= 15 is 0 Å². The fourth-order valence-corrected chi connectivity index (χ4v) is 6.67. The molecule has 3 aromatic rings. The van der Waals surface area contributed by atoms with E-state index < -0.39 is 26.7 Å². The number of hydrogen-bond donors (Lipinski definition) is 0. The maximum absolute atomic E-state index is 13.6. The van der Waals surface area contributed by atoms with Crippen molar-refractivity contribution in [3.05, 3.63) is 64.0 Å². The number of benzene rings is 2. The summed E-state index contributed by atoms with van der Waals surface area (Å²) in [5.41, 5.74) is 1.98. The van der Waals surface area contributed by atoms with Gasteiger partial charge in [0.15, 0.2) is 15.0 Å². The van der Waals surface area contributed by atoms with Crippen LogP contribution in [0.3, 0.4) is 0 Å². The third-order valence-corrected chi connectivity index (χ3v) is 8.91. The molecule has 0 saturated carbocycles. The van der Waals surface area contributed by atoms with Gasteiger partial charge in [0, 0.05) is 24.0 Å². The molecular weight excluding hydrogens is 450 g/mol. The van der Waals surface area contributed by atoms with E-state index in [1.54, 1.807) is 13.0 Å². The minimum atomic E-state index is -3.60. The second-order valence-corrected chi connectivity index (χ2v) is 10.7. The highest BCUT2D eigenvalue weighted by Gasteiger charge is 2.33. The van der Waals surface area contributed by atoms with Crippen LogP contribution in [0.1, 0.15) is 18.4 Å². The number of aromatic nitrogens is 1. The molecule has 1 aliphatic rings. The second-order valence-electron chi connectivity index (χ2n) is 7.29. The summed E-state index contributed by atoms with van der Waals surface area (Å²) in [6.45, 7) is 2.75. The van der Waals surface area contributed by atoms with Crippen LogP contribution < -0.4 is 4.90 Å². The van der Waals surface area contributed by atoms with Crippen molar-refractivity contribution in [1.29, 1.82) is 0 Å². The molecule has 0 amide bonds. The number of sulfone groups is 1. The summed E-state index contributed by atoms with van der Waals surface area (Å²) in [6, 6.07) is 8.34. The van der Waals surface area contributed by atoms with Crippen molar-refractivity contribution < 1.29 is 17.2 Å². The molecule has 30 heavy (non-hydrogen) atoms. The highest BCUT2D eigenvalue weighted by Crippen LogP contribution is 2.33. The lowest BCUT2D eigenvalue weighted by Gasteiger charge is -2.31. The van der Waals surface area contributed by atoms with Crippen molar-refractivity contribution in [2.75, 3.05) is 18.0 Å². The first-order valence-corrected chi connectivity index (χ1v) is 12.2. The van der Waals surface area contributed by atoms with Crippen molar-refractivity contribution in [3.63, 3.8) is 0 Å². The van der Waals surface area contributed by atoms with Gasteiger partial charge in [-0.25, -0.2) is 22.2 Å². The number of anilines is 1. The van der Waals surface area contributed by atoms with Crippen LogP contribution >= 0.6 is 22.9 Å². The maximum atomic E-state index is 13.6. The molecule has 1 fully saturated rings. The number of nitrogens with zero attached hydrogens (tertiary/aromatic N) is 2. The Morgan fingerprint density at radius 1 is 1.13 bits per heavy atom. The molecule has 0 bridgehead atoms. The van der Waals surface area contributed by atoms with Crippen molar-refractivity contribution in [2.24, 2.45) is 0 Å². The van der Waals surface area contributed by atoms with Crippen molar-refractivity contribution in [1.82, 2.24) is 4.98 Å². The van der Waals surface area contributed by atoms with Gasteiger partial charge in [-0.1, -0.05) is 17.7 Å². The van der Waals surface area contributed by atoms with Gasteiger partial charge in [0.2, 0.25) is 0 Å². The van der Waals surface area contributed by atoms with Gasteiger partial charge in [0.1, 0.15) is 11.6 Å². The van der Waals surface area contributed by atoms with Gasteiger partial charge in [-0.2, -0.15) is 0 Å². The zero-order valence-electron chi connectivity index (χ0n) is 16.1. The Hall–Kier alpha value is -2.03. The molecule has 1 aromatic heterocycles. The molecule has 2 aromatic carbocycles. The van der Waals surface area contributed by atoms with Crippen molar-refractivity contribution >= 4 is 37.9 Å². The number of rotatable bonds is 4. The van der Waals surface area contributed by atoms with Gasteiger partial charge in [-0.15, -0.1) is 11.3 Å². The smallest absolute Gasteiger partial charge is 0.185 e. The molecule has 1 aliphatic heterocycles. The average Bonchev–Trinajstić information content (AvgIpc) is 3.22. The van der Waals surface area contributed by atoms with Crippen molar-refractivity contribution in [2.45, 2.75) is 29.9 Å². The van der Waals surface area contributed by atoms with E-state index in [-0.39, 0.29) is 9.92 Å². The standard InChI is InChI=1S/C21H19ClF2N2O2S2/c1-13-2-4-15(23)11-20(13)30(27,28)16-6-8-26(9-7-16)21-25-19(12-29-21)14-3-5-18(24)17(22)10-14/h2-5,10-12,16H,6-9H2,1H3. The molecule has 0 atom stereocenters. The number of aryl methyl sites for hydroxylation is 1. The van der Waals surface area contributed by atoms with Crippen LogP contribution in [0.25, 0.3) is 11.3 Å². The normalized spacial score (nSPS) is 15.5. The predicted octanol–water partition coefficient (Wildman–Crippen LogP) is 5.49. The van der Waals surface area contributed by atoms with Gasteiger partial charge < -0.3 is 4.90 Å². The molecule has 0 aliphatic carbocycles. The maximum Gasteiger partial charge on any atom is 0.185 e. The summed E-state index contributed by atoms with van der Waals surface area (Å²) < 4.78 is 53.0. The molecule has 4 rings (SSSR count). The molecule has 0 unspecified atom stereocenters. The second kappa shape index (κ2) is 8.24. The van der Waals surface area contributed by atoms with Gasteiger partial charge in [-0.3, -0.25) is 0 Å². The van der Waals surface area contributed by atoms with Gasteiger partial charge >= 0.3 is 0 Å². The third kappa shape index (κ3) is 4.08. The summed E-state index contributed by atoms with van der Waals surface area (Å²) in [7, 11) is -3.60. The van der Waals surface area contributed by atoms with Gasteiger partial charge in [0.05, 0.1) is 20.9 Å². The lowest BCUT2D eigenvalue weighted by atomic mass is 10.1. The van der Waals surface area contributed by atoms with E-state index in [0.29, 0.717) is 37.2 Å². The molecule has 9 heteroatoms. The summed E-state index contributed by atoms with van der Waals surface area (Å²) in [5.74, 6) is -1.03. The molecular formula is C21H19ClF2N2O2S2. The molecule has 158 valence electrons. The fraction of sp³-hybridized carbons (Fsp3) is 0.286. The van der Waals surface area contributed by atoms with E-state index in [1.807, 2.05) is 10.3 Å². The topological polar surface area (TPSA) is 50.3 Å². The van der Waals surface area contributed by atoms with E-state index in [9.17, 15) is 17.2 Å². The van der Waals surface area contributed by atoms with E-state index in [1.165, 1.54) is 35.6 Å². The summed E-state index contributed by atoms with van der Waals surface area (Å²) >= 11 is 7.31. The van der Waals surface area contributed by atoms with E-state index in [2.05, 4.69) is 4.98 Å². The molecule has 0 radical (unpaired) electrons.